The number of nitrogens with one attached hydrogen (secondary N) is 1. The predicted molar refractivity (Wildman–Crippen MR) is 72.0 cm³/mol. The topological polar surface area (TPSA) is 12.0 Å². The lowest BCUT2D eigenvalue weighted by atomic mass is 10.0. The summed E-state index contributed by atoms with van der Waals surface area (Å²) in [6.07, 6.45) is 0.879. The number of rotatable bonds is 6. The van der Waals surface area contributed by atoms with Crippen LogP contribution in [-0.2, 0) is 6.42 Å². The molecule has 17 heavy (non-hydrogen) atoms. The first kappa shape index (κ1) is 14.5. The molecule has 0 heterocycles. The molecule has 0 aliphatic carbocycles. The van der Waals surface area contributed by atoms with Crippen molar-refractivity contribution < 1.29 is 4.39 Å². The molecule has 0 aliphatic heterocycles. The van der Waals surface area contributed by atoms with Crippen molar-refractivity contribution in [1.29, 1.82) is 0 Å². The van der Waals surface area contributed by atoms with Crippen molar-refractivity contribution in [3.8, 4) is 0 Å². The number of hydrogen-bond donors (Lipinski definition) is 1. The Labute approximate surface area is 108 Å². The van der Waals surface area contributed by atoms with E-state index < -0.39 is 0 Å². The summed E-state index contributed by atoms with van der Waals surface area (Å²) in [5, 5.41) is 3.95. The number of benzene rings is 1. The maximum atomic E-state index is 12.9. The molecule has 0 fully saturated rings. The lowest BCUT2D eigenvalue weighted by molar-refractivity contribution is 0.473. The van der Waals surface area contributed by atoms with E-state index in [0.29, 0.717) is 16.9 Å². The molecule has 1 atom stereocenters. The van der Waals surface area contributed by atoms with Crippen molar-refractivity contribution in [3.63, 3.8) is 0 Å². The first-order chi connectivity index (χ1) is 7.99. The van der Waals surface area contributed by atoms with Gasteiger partial charge in [-0.3, -0.25) is 0 Å². The standard InChI is InChI=1S/C14H21ClFN/c1-10(2)8-17-9-11(3)6-12-4-5-13(16)7-14(12)15/h4-5,7,10-11,17H,6,8-9H2,1-3H3. The van der Waals surface area contributed by atoms with Crippen molar-refractivity contribution in [3.05, 3.63) is 34.6 Å². The van der Waals surface area contributed by atoms with Crippen molar-refractivity contribution >= 4 is 11.6 Å². The highest BCUT2D eigenvalue weighted by atomic mass is 35.5. The maximum absolute atomic E-state index is 12.9. The summed E-state index contributed by atoms with van der Waals surface area (Å²) in [5.74, 6) is 0.887. The summed E-state index contributed by atoms with van der Waals surface area (Å²) < 4.78 is 12.9. The van der Waals surface area contributed by atoms with Crippen LogP contribution in [0.4, 0.5) is 4.39 Å². The quantitative estimate of drug-likeness (QED) is 0.815. The summed E-state index contributed by atoms with van der Waals surface area (Å²) in [5.41, 5.74) is 1.02. The second-order valence-electron chi connectivity index (χ2n) is 5.10. The van der Waals surface area contributed by atoms with Gasteiger partial charge in [0, 0.05) is 5.02 Å². The molecule has 1 N–H and O–H groups in total. The molecular formula is C14H21ClFN. The van der Waals surface area contributed by atoms with Crippen LogP contribution in [0.3, 0.4) is 0 Å². The van der Waals surface area contributed by atoms with E-state index in [2.05, 4.69) is 26.1 Å². The molecule has 0 aliphatic rings. The van der Waals surface area contributed by atoms with E-state index in [4.69, 9.17) is 11.6 Å². The average molecular weight is 258 g/mol. The summed E-state index contributed by atoms with van der Waals surface area (Å²) in [6.45, 7) is 8.55. The van der Waals surface area contributed by atoms with Gasteiger partial charge in [-0.25, -0.2) is 4.39 Å². The van der Waals surface area contributed by atoms with E-state index in [0.717, 1.165) is 25.1 Å². The Hall–Kier alpha value is -0.600. The highest BCUT2D eigenvalue weighted by Gasteiger charge is 2.07. The van der Waals surface area contributed by atoms with Crippen molar-refractivity contribution in [2.24, 2.45) is 11.8 Å². The zero-order valence-electron chi connectivity index (χ0n) is 10.8. The molecule has 1 nitrogen and oxygen atoms in total. The second kappa shape index (κ2) is 6.97. The van der Waals surface area contributed by atoms with E-state index >= 15 is 0 Å². The molecule has 96 valence electrons. The summed E-state index contributed by atoms with van der Waals surface area (Å²) in [4.78, 5) is 0. The van der Waals surface area contributed by atoms with Crippen LogP contribution in [0, 0.1) is 17.7 Å². The lowest BCUT2D eigenvalue weighted by Crippen LogP contribution is -2.26. The first-order valence-corrected chi connectivity index (χ1v) is 6.51. The van der Waals surface area contributed by atoms with E-state index in [-0.39, 0.29) is 5.82 Å². The molecule has 1 unspecified atom stereocenters. The zero-order chi connectivity index (χ0) is 12.8. The normalized spacial score (nSPS) is 13.1. The Morgan fingerprint density at radius 3 is 2.53 bits per heavy atom. The van der Waals surface area contributed by atoms with Gasteiger partial charge in [0.1, 0.15) is 5.82 Å². The van der Waals surface area contributed by atoms with Gasteiger partial charge in [-0.1, -0.05) is 38.4 Å². The molecule has 0 saturated heterocycles. The van der Waals surface area contributed by atoms with Gasteiger partial charge in [0.2, 0.25) is 0 Å². The van der Waals surface area contributed by atoms with Crippen LogP contribution < -0.4 is 5.32 Å². The highest BCUT2D eigenvalue weighted by molar-refractivity contribution is 6.31. The van der Waals surface area contributed by atoms with E-state index in [1.165, 1.54) is 12.1 Å². The lowest BCUT2D eigenvalue weighted by Gasteiger charge is -2.14. The van der Waals surface area contributed by atoms with Gasteiger partial charge in [-0.2, -0.15) is 0 Å². The molecule has 0 saturated carbocycles. The van der Waals surface area contributed by atoms with Crippen LogP contribution in [0.25, 0.3) is 0 Å². The first-order valence-electron chi connectivity index (χ1n) is 6.13. The van der Waals surface area contributed by atoms with Gasteiger partial charge >= 0.3 is 0 Å². The van der Waals surface area contributed by atoms with Crippen LogP contribution >= 0.6 is 11.6 Å². The molecule has 1 aromatic rings. The Morgan fingerprint density at radius 2 is 1.94 bits per heavy atom. The third-order valence-corrected chi connectivity index (χ3v) is 2.98. The van der Waals surface area contributed by atoms with Crippen LogP contribution in [-0.4, -0.2) is 13.1 Å². The van der Waals surface area contributed by atoms with Crippen molar-refractivity contribution in [2.75, 3.05) is 13.1 Å². The van der Waals surface area contributed by atoms with Crippen LogP contribution in [0.5, 0.6) is 0 Å². The monoisotopic (exact) mass is 257 g/mol. The smallest absolute Gasteiger partial charge is 0.124 e. The molecule has 0 amide bonds. The third kappa shape index (κ3) is 5.51. The van der Waals surface area contributed by atoms with E-state index in [1.54, 1.807) is 6.07 Å². The summed E-state index contributed by atoms with van der Waals surface area (Å²) >= 11 is 6.00. The molecule has 0 bridgehead atoms. The molecule has 1 aromatic carbocycles. The van der Waals surface area contributed by atoms with Gasteiger partial charge in [0.15, 0.2) is 0 Å². The van der Waals surface area contributed by atoms with Gasteiger partial charge in [-0.15, -0.1) is 0 Å². The molecular weight excluding hydrogens is 237 g/mol. The van der Waals surface area contributed by atoms with Crippen LogP contribution in [0.1, 0.15) is 26.3 Å². The number of hydrogen-bond acceptors (Lipinski definition) is 1. The van der Waals surface area contributed by atoms with Gasteiger partial charge in [-0.05, 0) is 49.0 Å². The predicted octanol–water partition coefficient (Wildman–Crippen LogP) is 3.90. The zero-order valence-corrected chi connectivity index (χ0v) is 11.5. The third-order valence-electron chi connectivity index (χ3n) is 2.63. The second-order valence-corrected chi connectivity index (χ2v) is 5.50. The molecule has 1 rings (SSSR count). The Balaban J connectivity index is 2.42. The summed E-state index contributed by atoms with van der Waals surface area (Å²) in [6, 6.07) is 4.62. The Bertz CT molecular complexity index is 352. The largest absolute Gasteiger partial charge is 0.316 e. The van der Waals surface area contributed by atoms with Crippen LogP contribution in [0.15, 0.2) is 18.2 Å². The fourth-order valence-corrected chi connectivity index (χ4v) is 2.00. The Morgan fingerprint density at radius 1 is 1.24 bits per heavy atom. The van der Waals surface area contributed by atoms with Gasteiger partial charge in [0.25, 0.3) is 0 Å². The summed E-state index contributed by atoms with van der Waals surface area (Å²) in [7, 11) is 0. The Kier molecular flexibility index (Phi) is 5.93. The van der Waals surface area contributed by atoms with Gasteiger partial charge < -0.3 is 5.32 Å². The van der Waals surface area contributed by atoms with E-state index in [1.807, 2.05) is 0 Å². The fraction of sp³-hybridized carbons (Fsp3) is 0.571. The minimum atomic E-state index is -0.274. The minimum absolute atomic E-state index is 0.274. The van der Waals surface area contributed by atoms with Crippen molar-refractivity contribution in [1.82, 2.24) is 5.32 Å². The van der Waals surface area contributed by atoms with E-state index in [9.17, 15) is 4.39 Å². The van der Waals surface area contributed by atoms with Gasteiger partial charge in [0.05, 0.1) is 0 Å². The average Bonchev–Trinajstić information content (AvgIpc) is 2.21. The maximum Gasteiger partial charge on any atom is 0.124 e. The van der Waals surface area contributed by atoms with Crippen molar-refractivity contribution in [2.45, 2.75) is 27.2 Å². The highest BCUT2D eigenvalue weighted by Crippen LogP contribution is 2.20. The molecule has 0 spiro atoms. The minimum Gasteiger partial charge on any atom is -0.316 e. The number of halogens is 2. The SMILES string of the molecule is CC(C)CNCC(C)Cc1ccc(F)cc1Cl. The van der Waals surface area contributed by atoms with Crippen LogP contribution in [0.2, 0.25) is 5.02 Å². The molecule has 3 heteroatoms. The molecule has 0 aromatic heterocycles. The molecule has 0 radical (unpaired) electrons. The fourth-order valence-electron chi connectivity index (χ4n) is 1.75.